The molecule has 2 heterocycles. The predicted molar refractivity (Wildman–Crippen MR) is 135 cm³/mol. The average molecular weight is 557 g/mol. The van der Waals surface area contributed by atoms with Crippen LogP contribution in [0.25, 0.3) is 11.3 Å². The number of benzene rings is 2. The molecular formula is C23H24ClF3N6O3S. The molecule has 2 aromatic carbocycles. The molecule has 198 valence electrons. The lowest BCUT2D eigenvalue weighted by molar-refractivity contribution is -0.137. The Morgan fingerprint density at radius 2 is 1.70 bits per heavy atom. The van der Waals surface area contributed by atoms with Crippen LogP contribution < -0.4 is 11.1 Å². The van der Waals surface area contributed by atoms with E-state index in [0.29, 0.717) is 31.7 Å². The van der Waals surface area contributed by atoms with Crippen molar-refractivity contribution >= 4 is 39.8 Å². The molecule has 37 heavy (non-hydrogen) atoms. The minimum atomic E-state index is -4.57. The van der Waals surface area contributed by atoms with Crippen LogP contribution in [0, 0.1) is 0 Å². The molecule has 1 aliphatic rings. The lowest BCUT2D eigenvalue weighted by Gasteiger charge is -2.31. The van der Waals surface area contributed by atoms with Crippen LogP contribution in [0.5, 0.6) is 0 Å². The number of carbonyl (C=O) groups excluding carboxylic acids is 1. The number of alkyl halides is 3. The summed E-state index contributed by atoms with van der Waals surface area (Å²) >= 11 is 0. The van der Waals surface area contributed by atoms with Crippen LogP contribution in [0.3, 0.4) is 0 Å². The highest BCUT2D eigenvalue weighted by molar-refractivity contribution is 7.89. The Kier molecular flexibility index (Phi) is 8.42. The lowest BCUT2D eigenvalue weighted by atomic mass is 10.1. The van der Waals surface area contributed by atoms with E-state index in [2.05, 4.69) is 20.2 Å². The standard InChI is InChI=1S/C23H23F3N6O3S.ClH/c1-31-9-11-32(12-10-31)36(34,35)18-7-5-15(6-8-18)19-14-28-21(27)20(30-19)22(33)29-17-4-2-3-16(13-17)23(24,25)26;/h2-8,13-14H,9-12H2,1H3,(H2,27,28)(H,29,33);1H. The zero-order valence-electron chi connectivity index (χ0n) is 19.6. The molecule has 9 nitrogen and oxygen atoms in total. The molecule has 4 rings (SSSR count). The molecule has 14 heteroatoms. The van der Waals surface area contributed by atoms with Gasteiger partial charge in [-0.05, 0) is 37.4 Å². The second kappa shape index (κ2) is 11.0. The number of carbonyl (C=O) groups is 1. The molecule has 1 aliphatic heterocycles. The smallest absolute Gasteiger partial charge is 0.382 e. The Bertz CT molecular complexity index is 1380. The van der Waals surface area contributed by atoms with Gasteiger partial charge in [-0.3, -0.25) is 4.79 Å². The van der Waals surface area contributed by atoms with Crippen LogP contribution in [0.1, 0.15) is 16.1 Å². The number of halogens is 4. The number of hydrogen-bond acceptors (Lipinski definition) is 7. The monoisotopic (exact) mass is 556 g/mol. The van der Waals surface area contributed by atoms with E-state index in [1.807, 2.05) is 7.05 Å². The van der Waals surface area contributed by atoms with E-state index in [9.17, 15) is 26.4 Å². The largest absolute Gasteiger partial charge is 0.416 e. The van der Waals surface area contributed by atoms with Gasteiger partial charge in [-0.15, -0.1) is 12.4 Å². The second-order valence-corrected chi connectivity index (χ2v) is 10.2. The van der Waals surface area contributed by atoms with Crippen LogP contribution in [-0.4, -0.2) is 66.7 Å². The quantitative estimate of drug-likeness (QED) is 0.494. The van der Waals surface area contributed by atoms with Crippen molar-refractivity contribution in [2.75, 3.05) is 44.3 Å². The first kappa shape index (κ1) is 28.3. The number of amides is 1. The van der Waals surface area contributed by atoms with Gasteiger partial charge in [0.05, 0.1) is 22.3 Å². The van der Waals surface area contributed by atoms with Crippen molar-refractivity contribution < 1.29 is 26.4 Å². The first-order valence-electron chi connectivity index (χ1n) is 10.9. The molecule has 0 atom stereocenters. The van der Waals surface area contributed by atoms with Crippen molar-refractivity contribution in [3.8, 4) is 11.3 Å². The summed E-state index contributed by atoms with van der Waals surface area (Å²) in [5.74, 6) is -1.05. The molecule has 0 bridgehead atoms. The minimum absolute atomic E-state index is 0. The summed E-state index contributed by atoms with van der Waals surface area (Å²) in [6.45, 7) is 2.08. The Hall–Kier alpha value is -3.26. The van der Waals surface area contributed by atoms with E-state index in [1.54, 1.807) is 0 Å². The number of rotatable bonds is 5. The fourth-order valence-electron chi connectivity index (χ4n) is 3.64. The van der Waals surface area contributed by atoms with Gasteiger partial charge in [-0.1, -0.05) is 18.2 Å². The number of aromatic nitrogens is 2. The van der Waals surface area contributed by atoms with E-state index in [1.165, 1.54) is 46.9 Å². The van der Waals surface area contributed by atoms with Crippen molar-refractivity contribution in [2.45, 2.75) is 11.1 Å². The van der Waals surface area contributed by atoms with Crippen LogP contribution in [-0.2, 0) is 16.2 Å². The number of piperazine rings is 1. The number of nitrogens with one attached hydrogen (secondary N) is 1. The average Bonchev–Trinajstić information content (AvgIpc) is 2.84. The number of nitrogen functional groups attached to an aromatic ring is 1. The third-order valence-corrected chi connectivity index (χ3v) is 7.63. The Balaban J connectivity index is 0.00000380. The maximum atomic E-state index is 13.0. The van der Waals surface area contributed by atoms with Crippen molar-refractivity contribution in [3.63, 3.8) is 0 Å². The summed E-state index contributed by atoms with van der Waals surface area (Å²) in [6, 6.07) is 10.1. The highest BCUT2D eigenvalue weighted by Crippen LogP contribution is 2.31. The van der Waals surface area contributed by atoms with Gasteiger partial charge in [0.2, 0.25) is 10.0 Å². The third-order valence-electron chi connectivity index (χ3n) is 5.71. The number of likely N-dealkylation sites (N-methyl/N-ethyl adjacent to an activating group) is 1. The van der Waals surface area contributed by atoms with Gasteiger partial charge < -0.3 is 16.0 Å². The summed E-state index contributed by atoms with van der Waals surface area (Å²) < 4.78 is 66.2. The maximum absolute atomic E-state index is 13.0. The third kappa shape index (κ3) is 6.36. The fourth-order valence-corrected chi connectivity index (χ4v) is 5.07. The SMILES string of the molecule is CN1CCN(S(=O)(=O)c2ccc(-c3cnc(N)c(C(=O)Nc4cccc(C(F)(F)F)c4)n3)cc2)CC1.Cl. The zero-order valence-corrected chi connectivity index (χ0v) is 21.2. The van der Waals surface area contributed by atoms with Crippen LogP contribution in [0.2, 0.25) is 0 Å². The molecule has 1 saturated heterocycles. The van der Waals surface area contributed by atoms with Gasteiger partial charge in [-0.2, -0.15) is 17.5 Å². The second-order valence-electron chi connectivity index (χ2n) is 8.25. The summed E-state index contributed by atoms with van der Waals surface area (Å²) in [7, 11) is -1.72. The Morgan fingerprint density at radius 1 is 1.05 bits per heavy atom. The van der Waals surface area contributed by atoms with E-state index in [0.717, 1.165) is 12.1 Å². The van der Waals surface area contributed by atoms with Crippen LogP contribution in [0.15, 0.2) is 59.6 Å². The topological polar surface area (TPSA) is 122 Å². The molecular weight excluding hydrogens is 533 g/mol. The van der Waals surface area contributed by atoms with Gasteiger partial charge >= 0.3 is 6.18 Å². The van der Waals surface area contributed by atoms with Gasteiger partial charge in [0.1, 0.15) is 0 Å². The number of sulfonamides is 1. The van der Waals surface area contributed by atoms with Gasteiger partial charge in [0, 0.05) is 37.4 Å². The van der Waals surface area contributed by atoms with Crippen molar-refractivity contribution in [3.05, 3.63) is 66.0 Å². The van der Waals surface area contributed by atoms with Crippen LogP contribution >= 0.6 is 12.4 Å². The first-order valence-corrected chi connectivity index (χ1v) is 12.3. The van der Waals surface area contributed by atoms with Crippen molar-refractivity contribution in [1.29, 1.82) is 0 Å². The molecule has 0 spiro atoms. The molecule has 3 aromatic rings. The first-order chi connectivity index (χ1) is 16.9. The Morgan fingerprint density at radius 3 is 2.32 bits per heavy atom. The molecule has 0 radical (unpaired) electrons. The van der Waals surface area contributed by atoms with Crippen LogP contribution in [0.4, 0.5) is 24.7 Å². The van der Waals surface area contributed by atoms with E-state index in [4.69, 9.17) is 5.73 Å². The summed E-state index contributed by atoms with van der Waals surface area (Å²) in [6.07, 6.45) is -3.25. The molecule has 1 fully saturated rings. The van der Waals surface area contributed by atoms with Gasteiger partial charge in [0.15, 0.2) is 11.5 Å². The lowest BCUT2D eigenvalue weighted by Crippen LogP contribution is -2.46. The number of nitrogens with two attached hydrogens (primary N) is 1. The summed E-state index contributed by atoms with van der Waals surface area (Å²) in [5, 5.41) is 2.35. The van der Waals surface area contributed by atoms with E-state index < -0.39 is 27.7 Å². The normalized spacial score (nSPS) is 15.1. The molecule has 0 unspecified atom stereocenters. The maximum Gasteiger partial charge on any atom is 0.416 e. The summed E-state index contributed by atoms with van der Waals surface area (Å²) in [4.78, 5) is 23.1. The molecule has 1 amide bonds. The number of hydrogen-bond donors (Lipinski definition) is 2. The predicted octanol–water partition coefficient (Wildman–Crippen LogP) is 3.35. The van der Waals surface area contributed by atoms with Crippen molar-refractivity contribution in [2.24, 2.45) is 0 Å². The van der Waals surface area contributed by atoms with Crippen molar-refractivity contribution in [1.82, 2.24) is 19.2 Å². The number of anilines is 2. The van der Waals surface area contributed by atoms with E-state index >= 15 is 0 Å². The molecule has 0 aliphatic carbocycles. The molecule has 1 aromatic heterocycles. The summed E-state index contributed by atoms with van der Waals surface area (Å²) in [5.41, 5.74) is 5.23. The molecule has 0 saturated carbocycles. The highest BCUT2D eigenvalue weighted by Gasteiger charge is 2.31. The Labute approximate surface area is 218 Å². The van der Waals surface area contributed by atoms with E-state index in [-0.39, 0.29) is 40.2 Å². The fraction of sp³-hybridized carbons (Fsp3) is 0.261. The van der Waals surface area contributed by atoms with Gasteiger partial charge in [-0.25, -0.2) is 18.4 Å². The van der Waals surface area contributed by atoms with Gasteiger partial charge in [0.25, 0.3) is 5.91 Å². The minimum Gasteiger partial charge on any atom is -0.382 e. The zero-order chi connectivity index (χ0) is 26.1. The number of nitrogens with zero attached hydrogens (tertiary/aromatic N) is 4. The highest BCUT2D eigenvalue weighted by atomic mass is 35.5. The molecule has 3 N–H and O–H groups in total.